The van der Waals surface area contributed by atoms with Crippen molar-refractivity contribution >= 4 is 57.1 Å². The Hall–Kier alpha value is -3.75. The average molecular weight is 555 g/mol. The van der Waals surface area contributed by atoms with E-state index in [1.54, 1.807) is 60.8 Å². The van der Waals surface area contributed by atoms with Crippen molar-refractivity contribution in [2.24, 2.45) is 5.73 Å². The van der Waals surface area contributed by atoms with Crippen LogP contribution in [0.15, 0.2) is 72.9 Å². The van der Waals surface area contributed by atoms with Crippen molar-refractivity contribution in [3.05, 3.63) is 89.3 Å². The smallest absolute Gasteiger partial charge is 0.248 e. The number of carbonyl (C=O) groups excluding carboxylic acids is 1. The first kappa shape index (κ1) is 30.5. The lowest BCUT2D eigenvalue weighted by Crippen LogP contribution is -2.19. The van der Waals surface area contributed by atoms with Gasteiger partial charge in [-0.2, -0.15) is 0 Å². The molecule has 0 saturated heterocycles. The van der Waals surface area contributed by atoms with E-state index in [4.69, 9.17) is 34.3 Å². The van der Waals surface area contributed by atoms with E-state index in [0.29, 0.717) is 49.5 Å². The van der Waals surface area contributed by atoms with Gasteiger partial charge < -0.3 is 21.1 Å². The Kier molecular flexibility index (Phi) is 12.4. The van der Waals surface area contributed by atoms with Crippen LogP contribution in [0.2, 0.25) is 5.02 Å². The maximum atomic E-state index is 13.0. The number of amides is 1. The summed E-state index contributed by atoms with van der Waals surface area (Å²) in [6.07, 6.45) is 4.25. The summed E-state index contributed by atoms with van der Waals surface area (Å²) in [5.41, 5.74) is 7.60. The summed E-state index contributed by atoms with van der Waals surface area (Å²) in [7, 11) is 0. The zero-order valence-corrected chi connectivity index (χ0v) is 23.4. The summed E-state index contributed by atoms with van der Waals surface area (Å²) in [6.45, 7) is 8.36. The zero-order valence-electron chi connectivity index (χ0n) is 21.8. The number of nitrogens with one attached hydrogen (secondary N) is 2. The van der Waals surface area contributed by atoms with Gasteiger partial charge in [0.15, 0.2) is 5.11 Å². The van der Waals surface area contributed by atoms with Crippen LogP contribution in [0, 0.1) is 5.82 Å². The number of carbonyl (C=O) groups is 1. The summed E-state index contributed by atoms with van der Waals surface area (Å²) in [5, 5.41) is 7.26. The minimum absolute atomic E-state index is 0.297. The van der Waals surface area contributed by atoms with Gasteiger partial charge in [-0.05, 0) is 72.9 Å². The Morgan fingerprint density at radius 1 is 1.00 bits per heavy atom. The largest absolute Gasteiger partial charge is 0.457 e. The van der Waals surface area contributed by atoms with Gasteiger partial charge in [-0.15, -0.1) is 0 Å². The second kappa shape index (κ2) is 15.5. The molecule has 1 amide bonds. The number of benzene rings is 3. The standard InChI is InChI=1S/C23H16ClFN4O2S.C4H10.C2H6/c24-18-12-16(6-8-20(18)29-23(32)28-15-4-2-14(25)3-5-15)31-21-9-10-27-19-7-1-13(22(26)30)11-17(19)21;1-3-4-2;1-2/h1-12H,(H2,26,30)(H2,28,29,32);3-4H2,1-2H3;1-2H3. The van der Waals surface area contributed by atoms with Crippen LogP contribution in [0.5, 0.6) is 11.5 Å². The zero-order chi connectivity index (χ0) is 28.1. The quantitative estimate of drug-likeness (QED) is 0.207. The molecule has 0 aliphatic carbocycles. The number of unbranched alkanes of at least 4 members (excludes halogenated alkanes) is 1. The topological polar surface area (TPSA) is 89.3 Å². The van der Waals surface area contributed by atoms with Crippen LogP contribution in [0.3, 0.4) is 0 Å². The Bertz CT molecular complexity index is 1360. The molecule has 0 bridgehead atoms. The number of thiocarbonyl (C=S) groups is 1. The maximum Gasteiger partial charge on any atom is 0.248 e. The van der Waals surface area contributed by atoms with Crippen LogP contribution in [-0.2, 0) is 0 Å². The predicted molar refractivity (Wildman–Crippen MR) is 160 cm³/mol. The van der Waals surface area contributed by atoms with E-state index >= 15 is 0 Å². The van der Waals surface area contributed by atoms with E-state index in [0.717, 1.165) is 0 Å². The molecular weight excluding hydrogens is 523 g/mol. The van der Waals surface area contributed by atoms with Gasteiger partial charge >= 0.3 is 0 Å². The molecule has 1 aromatic heterocycles. The number of primary amides is 1. The van der Waals surface area contributed by atoms with Crippen LogP contribution in [0.4, 0.5) is 15.8 Å². The van der Waals surface area contributed by atoms with E-state index in [1.165, 1.54) is 25.0 Å². The van der Waals surface area contributed by atoms with Gasteiger partial charge in [0, 0.05) is 28.9 Å². The highest BCUT2D eigenvalue weighted by molar-refractivity contribution is 7.80. The fraction of sp³-hybridized carbons (Fsp3) is 0.207. The first-order chi connectivity index (χ1) is 18.3. The number of halogens is 2. The van der Waals surface area contributed by atoms with Crippen LogP contribution in [0.25, 0.3) is 10.9 Å². The molecule has 3 aromatic carbocycles. The first-order valence-electron chi connectivity index (χ1n) is 12.3. The molecule has 0 atom stereocenters. The van der Waals surface area contributed by atoms with Gasteiger partial charge in [0.05, 0.1) is 16.2 Å². The molecule has 4 N–H and O–H groups in total. The first-order valence-corrected chi connectivity index (χ1v) is 13.1. The van der Waals surface area contributed by atoms with Crippen molar-refractivity contribution < 1.29 is 13.9 Å². The second-order valence-corrected chi connectivity index (χ2v) is 8.55. The number of ether oxygens (including phenoxy) is 1. The third kappa shape index (κ3) is 8.97. The number of fused-ring (bicyclic) bond motifs is 1. The van der Waals surface area contributed by atoms with Gasteiger partial charge in [0.1, 0.15) is 17.3 Å². The SMILES string of the molecule is CC.CCCC.NC(=O)c1ccc2nccc(Oc3ccc(NC(=S)Nc4ccc(F)cc4)c(Cl)c3)c2c1. The molecule has 0 spiro atoms. The number of aromatic nitrogens is 1. The Labute approximate surface area is 233 Å². The fourth-order valence-electron chi connectivity index (χ4n) is 2.97. The van der Waals surface area contributed by atoms with Crippen molar-refractivity contribution in [1.29, 1.82) is 0 Å². The Balaban J connectivity index is 0.000000773. The molecule has 38 heavy (non-hydrogen) atoms. The summed E-state index contributed by atoms with van der Waals surface area (Å²) >= 11 is 11.7. The highest BCUT2D eigenvalue weighted by Crippen LogP contribution is 2.33. The lowest BCUT2D eigenvalue weighted by molar-refractivity contribution is 0.100. The number of hydrogen-bond acceptors (Lipinski definition) is 4. The molecule has 200 valence electrons. The summed E-state index contributed by atoms with van der Waals surface area (Å²) in [4.78, 5) is 15.8. The van der Waals surface area contributed by atoms with Crippen LogP contribution in [-0.4, -0.2) is 16.0 Å². The second-order valence-electron chi connectivity index (χ2n) is 7.73. The molecule has 0 aliphatic heterocycles. The van der Waals surface area contributed by atoms with Gasteiger partial charge in [-0.1, -0.05) is 52.1 Å². The third-order valence-electron chi connectivity index (χ3n) is 5.00. The minimum atomic E-state index is -0.537. The monoisotopic (exact) mass is 554 g/mol. The minimum Gasteiger partial charge on any atom is -0.457 e. The molecule has 6 nitrogen and oxygen atoms in total. The number of pyridine rings is 1. The van der Waals surface area contributed by atoms with Crippen LogP contribution in [0.1, 0.15) is 50.9 Å². The van der Waals surface area contributed by atoms with Crippen molar-refractivity contribution in [2.75, 3.05) is 10.6 Å². The molecule has 4 rings (SSSR count). The highest BCUT2D eigenvalue weighted by Gasteiger charge is 2.10. The number of nitrogens with two attached hydrogens (primary N) is 1. The maximum absolute atomic E-state index is 13.0. The third-order valence-corrected chi connectivity index (χ3v) is 5.52. The molecule has 0 aliphatic rings. The summed E-state index contributed by atoms with van der Waals surface area (Å²) in [6, 6.07) is 17.5. The van der Waals surface area contributed by atoms with Crippen molar-refractivity contribution in [3.63, 3.8) is 0 Å². The molecular formula is C29H32ClFN4O2S. The average Bonchev–Trinajstić information content (AvgIpc) is 2.92. The molecule has 0 fully saturated rings. The number of hydrogen-bond donors (Lipinski definition) is 3. The van der Waals surface area contributed by atoms with Crippen molar-refractivity contribution in [2.45, 2.75) is 40.5 Å². The van der Waals surface area contributed by atoms with Gasteiger partial charge in [-0.3, -0.25) is 9.78 Å². The van der Waals surface area contributed by atoms with Gasteiger partial charge in [-0.25, -0.2) is 4.39 Å². The van der Waals surface area contributed by atoms with Crippen LogP contribution >= 0.6 is 23.8 Å². The predicted octanol–water partition coefficient (Wildman–Crippen LogP) is 8.56. The molecule has 0 radical (unpaired) electrons. The van der Waals surface area contributed by atoms with E-state index in [9.17, 15) is 9.18 Å². The molecule has 0 saturated carbocycles. The summed E-state index contributed by atoms with van der Waals surface area (Å²) in [5.74, 6) is 0.115. The number of rotatable bonds is 6. The van der Waals surface area contributed by atoms with E-state index in [1.807, 2.05) is 13.8 Å². The Morgan fingerprint density at radius 2 is 1.68 bits per heavy atom. The lowest BCUT2D eigenvalue weighted by atomic mass is 10.1. The highest BCUT2D eigenvalue weighted by atomic mass is 35.5. The lowest BCUT2D eigenvalue weighted by Gasteiger charge is -2.14. The number of anilines is 2. The number of nitrogens with zero attached hydrogens (tertiary/aromatic N) is 1. The van der Waals surface area contributed by atoms with Gasteiger partial charge in [0.2, 0.25) is 5.91 Å². The molecule has 1 heterocycles. The Morgan fingerprint density at radius 3 is 2.29 bits per heavy atom. The van der Waals surface area contributed by atoms with Crippen LogP contribution < -0.4 is 21.1 Å². The molecule has 4 aromatic rings. The van der Waals surface area contributed by atoms with E-state index < -0.39 is 5.91 Å². The van der Waals surface area contributed by atoms with E-state index in [-0.39, 0.29) is 5.82 Å². The normalized spacial score (nSPS) is 9.84. The van der Waals surface area contributed by atoms with Crippen molar-refractivity contribution in [1.82, 2.24) is 4.98 Å². The summed E-state index contributed by atoms with van der Waals surface area (Å²) < 4.78 is 19.0. The van der Waals surface area contributed by atoms with E-state index in [2.05, 4.69) is 29.5 Å². The van der Waals surface area contributed by atoms with Crippen molar-refractivity contribution in [3.8, 4) is 11.5 Å². The molecule has 0 unspecified atom stereocenters. The fourth-order valence-corrected chi connectivity index (χ4v) is 3.41. The molecule has 9 heteroatoms. The van der Waals surface area contributed by atoms with Gasteiger partial charge in [0.25, 0.3) is 0 Å².